The van der Waals surface area contributed by atoms with Gasteiger partial charge in [0.05, 0.1) is 0 Å². The Hall–Kier alpha value is -1.02. The Bertz CT molecular complexity index is 347. The number of carbonyl (C=O) groups is 1. The molecule has 0 spiro atoms. The second-order valence-corrected chi connectivity index (χ2v) is 3.67. The predicted octanol–water partition coefficient (Wildman–Crippen LogP) is 3.74. The standard InChI is InChI=1S/C11H13ClO2/c1-7-4-5-10(8(2)6-7)9(3)14-11(12)13/h4-6,9H,1-3H3/t9-/m0/s1. The first-order valence-corrected chi connectivity index (χ1v) is 4.81. The van der Waals surface area contributed by atoms with E-state index in [9.17, 15) is 4.79 Å². The summed E-state index contributed by atoms with van der Waals surface area (Å²) in [7, 11) is 0. The van der Waals surface area contributed by atoms with E-state index in [0.29, 0.717) is 0 Å². The molecule has 0 saturated carbocycles. The molecular weight excluding hydrogens is 200 g/mol. The summed E-state index contributed by atoms with van der Waals surface area (Å²) >= 11 is 5.15. The van der Waals surface area contributed by atoms with Gasteiger partial charge in [-0.05, 0) is 31.9 Å². The lowest BCUT2D eigenvalue weighted by Gasteiger charge is -2.14. The molecule has 1 aromatic carbocycles. The van der Waals surface area contributed by atoms with Crippen molar-refractivity contribution in [1.82, 2.24) is 0 Å². The molecule has 0 bridgehead atoms. The first-order chi connectivity index (χ1) is 6.50. The van der Waals surface area contributed by atoms with Crippen LogP contribution < -0.4 is 0 Å². The summed E-state index contributed by atoms with van der Waals surface area (Å²) < 4.78 is 4.88. The Morgan fingerprint density at radius 2 is 2.07 bits per heavy atom. The average Bonchev–Trinajstić information content (AvgIpc) is 2.01. The van der Waals surface area contributed by atoms with Crippen molar-refractivity contribution in [2.75, 3.05) is 0 Å². The molecule has 0 fully saturated rings. The van der Waals surface area contributed by atoms with Crippen LogP contribution in [0.5, 0.6) is 0 Å². The van der Waals surface area contributed by atoms with Gasteiger partial charge in [-0.25, -0.2) is 4.79 Å². The molecule has 2 nitrogen and oxygen atoms in total. The van der Waals surface area contributed by atoms with Crippen molar-refractivity contribution >= 4 is 17.0 Å². The molecule has 0 aliphatic heterocycles. The van der Waals surface area contributed by atoms with Gasteiger partial charge in [-0.3, -0.25) is 0 Å². The molecule has 0 aromatic heterocycles. The van der Waals surface area contributed by atoms with Crippen LogP contribution in [0.15, 0.2) is 18.2 Å². The van der Waals surface area contributed by atoms with E-state index in [2.05, 4.69) is 0 Å². The smallest absolute Gasteiger partial charge is 0.404 e. The third-order valence-corrected chi connectivity index (χ3v) is 2.22. The van der Waals surface area contributed by atoms with Crippen molar-refractivity contribution in [3.63, 3.8) is 0 Å². The summed E-state index contributed by atoms with van der Waals surface area (Å²) in [6.45, 7) is 5.81. The fraction of sp³-hybridized carbons (Fsp3) is 0.364. The predicted molar refractivity (Wildman–Crippen MR) is 56.7 cm³/mol. The Balaban J connectivity index is 2.90. The quantitative estimate of drug-likeness (QED) is 0.698. The molecule has 0 aliphatic rings. The maximum atomic E-state index is 10.5. The van der Waals surface area contributed by atoms with E-state index in [0.717, 1.165) is 11.1 Å². The molecule has 0 aliphatic carbocycles. The Kier molecular flexibility index (Phi) is 3.53. The van der Waals surface area contributed by atoms with Gasteiger partial charge in [0, 0.05) is 11.6 Å². The van der Waals surface area contributed by atoms with Crippen molar-refractivity contribution < 1.29 is 9.53 Å². The molecule has 76 valence electrons. The topological polar surface area (TPSA) is 26.3 Å². The summed E-state index contributed by atoms with van der Waals surface area (Å²) in [5.74, 6) is 0. The summed E-state index contributed by atoms with van der Waals surface area (Å²) in [4.78, 5) is 10.5. The molecule has 0 N–H and O–H groups in total. The van der Waals surface area contributed by atoms with Crippen LogP contribution in [0.25, 0.3) is 0 Å². The SMILES string of the molecule is Cc1ccc([C@H](C)OC(=O)Cl)c(C)c1. The highest BCUT2D eigenvalue weighted by Gasteiger charge is 2.11. The molecule has 1 atom stereocenters. The largest absolute Gasteiger partial charge is 0.446 e. The highest BCUT2D eigenvalue weighted by atomic mass is 35.5. The van der Waals surface area contributed by atoms with Crippen LogP contribution in [-0.4, -0.2) is 5.43 Å². The van der Waals surface area contributed by atoms with Crippen LogP contribution in [0.4, 0.5) is 4.79 Å². The van der Waals surface area contributed by atoms with Crippen molar-refractivity contribution in [2.24, 2.45) is 0 Å². The van der Waals surface area contributed by atoms with E-state index in [1.54, 1.807) is 6.92 Å². The molecule has 0 saturated heterocycles. The van der Waals surface area contributed by atoms with E-state index < -0.39 is 5.43 Å². The molecule has 1 aromatic rings. The van der Waals surface area contributed by atoms with Gasteiger partial charge in [0.25, 0.3) is 0 Å². The van der Waals surface area contributed by atoms with Crippen LogP contribution >= 0.6 is 11.6 Å². The van der Waals surface area contributed by atoms with E-state index in [-0.39, 0.29) is 6.10 Å². The van der Waals surface area contributed by atoms with E-state index in [1.807, 2.05) is 32.0 Å². The second-order valence-electron chi connectivity index (χ2n) is 3.36. The summed E-state index contributed by atoms with van der Waals surface area (Å²) in [5.41, 5.74) is 2.52. The zero-order valence-corrected chi connectivity index (χ0v) is 9.26. The maximum absolute atomic E-state index is 10.5. The monoisotopic (exact) mass is 212 g/mol. The first kappa shape index (κ1) is 11.1. The number of ether oxygens (including phenoxy) is 1. The van der Waals surface area contributed by atoms with Crippen molar-refractivity contribution in [2.45, 2.75) is 26.9 Å². The van der Waals surface area contributed by atoms with Gasteiger partial charge in [0.2, 0.25) is 0 Å². The number of benzene rings is 1. The first-order valence-electron chi connectivity index (χ1n) is 4.44. The fourth-order valence-corrected chi connectivity index (χ4v) is 1.62. The minimum Gasteiger partial charge on any atom is -0.446 e. The third-order valence-electron chi connectivity index (χ3n) is 2.13. The Morgan fingerprint density at radius 1 is 1.43 bits per heavy atom. The minimum atomic E-state index is -0.766. The third kappa shape index (κ3) is 2.74. The number of aryl methyl sites for hydroxylation is 2. The zero-order valence-electron chi connectivity index (χ0n) is 8.50. The highest BCUT2D eigenvalue weighted by molar-refractivity contribution is 6.61. The lowest BCUT2D eigenvalue weighted by molar-refractivity contribution is 0.132. The Morgan fingerprint density at radius 3 is 2.57 bits per heavy atom. The molecule has 0 heterocycles. The van der Waals surface area contributed by atoms with Gasteiger partial charge < -0.3 is 4.74 Å². The van der Waals surface area contributed by atoms with Crippen LogP contribution in [0, 0.1) is 13.8 Å². The molecule has 14 heavy (non-hydrogen) atoms. The molecule has 0 amide bonds. The maximum Gasteiger partial charge on any atom is 0.404 e. The molecule has 0 radical (unpaired) electrons. The number of hydrogen-bond acceptors (Lipinski definition) is 2. The van der Waals surface area contributed by atoms with E-state index in [1.165, 1.54) is 5.56 Å². The number of halogens is 1. The Labute approximate surface area is 88.8 Å². The van der Waals surface area contributed by atoms with Crippen LogP contribution in [-0.2, 0) is 4.74 Å². The minimum absolute atomic E-state index is 0.291. The number of carbonyl (C=O) groups excluding carboxylic acids is 1. The van der Waals surface area contributed by atoms with E-state index in [4.69, 9.17) is 16.3 Å². The van der Waals surface area contributed by atoms with Gasteiger partial charge in [-0.1, -0.05) is 23.8 Å². The molecule has 3 heteroatoms. The van der Waals surface area contributed by atoms with E-state index >= 15 is 0 Å². The number of rotatable bonds is 2. The second kappa shape index (κ2) is 4.47. The lowest BCUT2D eigenvalue weighted by atomic mass is 10.0. The fourth-order valence-electron chi connectivity index (χ4n) is 1.48. The van der Waals surface area contributed by atoms with Gasteiger partial charge in [0.1, 0.15) is 6.10 Å². The van der Waals surface area contributed by atoms with Gasteiger partial charge in [0.15, 0.2) is 0 Å². The van der Waals surface area contributed by atoms with Crippen LogP contribution in [0.1, 0.15) is 29.7 Å². The van der Waals surface area contributed by atoms with Crippen molar-refractivity contribution in [1.29, 1.82) is 0 Å². The number of hydrogen-bond donors (Lipinski definition) is 0. The van der Waals surface area contributed by atoms with Crippen LogP contribution in [0.3, 0.4) is 0 Å². The lowest BCUT2D eigenvalue weighted by Crippen LogP contribution is -2.03. The summed E-state index contributed by atoms with van der Waals surface area (Å²) in [6.07, 6.45) is -0.291. The normalized spacial score (nSPS) is 12.3. The molecule has 1 rings (SSSR count). The summed E-state index contributed by atoms with van der Waals surface area (Å²) in [5, 5.41) is 0. The molecular formula is C11H13ClO2. The van der Waals surface area contributed by atoms with Gasteiger partial charge in [-0.15, -0.1) is 0 Å². The van der Waals surface area contributed by atoms with Crippen LogP contribution in [0.2, 0.25) is 0 Å². The molecule has 0 unspecified atom stereocenters. The zero-order chi connectivity index (χ0) is 10.7. The highest BCUT2D eigenvalue weighted by Crippen LogP contribution is 2.22. The summed E-state index contributed by atoms with van der Waals surface area (Å²) in [6, 6.07) is 5.99. The van der Waals surface area contributed by atoms with Crippen molar-refractivity contribution in [3.05, 3.63) is 34.9 Å². The van der Waals surface area contributed by atoms with Crippen molar-refractivity contribution in [3.8, 4) is 0 Å². The van der Waals surface area contributed by atoms with Gasteiger partial charge >= 0.3 is 5.43 Å². The van der Waals surface area contributed by atoms with Gasteiger partial charge in [-0.2, -0.15) is 0 Å². The average molecular weight is 213 g/mol.